The van der Waals surface area contributed by atoms with E-state index < -0.39 is 0 Å². The normalized spacial score (nSPS) is 13.6. The molecule has 110 valence electrons. The van der Waals surface area contributed by atoms with E-state index in [0.29, 0.717) is 11.7 Å². The van der Waals surface area contributed by atoms with Gasteiger partial charge in [0.05, 0.1) is 0 Å². The van der Waals surface area contributed by atoms with Crippen LogP contribution < -0.4 is 5.32 Å². The van der Waals surface area contributed by atoms with Crippen LogP contribution in [-0.2, 0) is 0 Å². The summed E-state index contributed by atoms with van der Waals surface area (Å²) < 4.78 is 1.45. The Labute approximate surface area is 120 Å². The van der Waals surface area contributed by atoms with E-state index >= 15 is 0 Å². The van der Waals surface area contributed by atoms with Crippen molar-refractivity contribution in [3.05, 3.63) is 12.1 Å². The van der Waals surface area contributed by atoms with E-state index in [0.717, 1.165) is 12.2 Å². The van der Waals surface area contributed by atoms with Crippen LogP contribution in [0.15, 0.2) is 12.1 Å². The van der Waals surface area contributed by atoms with Crippen LogP contribution in [0.2, 0.25) is 0 Å². The zero-order valence-corrected chi connectivity index (χ0v) is 12.8. The van der Waals surface area contributed by atoms with Crippen molar-refractivity contribution in [3.8, 4) is 0 Å². The molecule has 1 N–H and O–H groups in total. The Hall–Kier alpha value is -1.72. The highest BCUT2D eigenvalue weighted by molar-refractivity contribution is 5.42. The maximum absolute atomic E-state index is 4.39. The molecule has 2 rings (SSSR count). The second-order valence-corrected chi connectivity index (χ2v) is 6.30. The Morgan fingerprint density at radius 3 is 2.75 bits per heavy atom. The first-order valence-corrected chi connectivity index (χ1v) is 7.32. The van der Waals surface area contributed by atoms with Crippen LogP contribution in [0.5, 0.6) is 0 Å². The molecular formula is C14H24N6. The average Bonchev–Trinajstić information content (AvgIpc) is 2.84. The molecule has 0 aliphatic rings. The molecule has 0 amide bonds. The zero-order chi connectivity index (χ0) is 14.6. The van der Waals surface area contributed by atoms with Gasteiger partial charge in [0.15, 0.2) is 5.65 Å². The van der Waals surface area contributed by atoms with E-state index in [1.54, 1.807) is 0 Å². The molecule has 0 fully saturated rings. The smallest absolute Gasteiger partial charge is 0.200 e. The number of nitrogens with one attached hydrogen (secondary N) is 1. The van der Waals surface area contributed by atoms with Gasteiger partial charge in [0, 0.05) is 6.04 Å². The molecule has 0 saturated heterocycles. The molecule has 0 aliphatic heterocycles. The average molecular weight is 276 g/mol. The maximum atomic E-state index is 4.39. The molecule has 0 bridgehead atoms. The molecular weight excluding hydrogens is 252 g/mol. The molecule has 6 nitrogen and oxygen atoms in total. The van der Waals surface area contributed by atoms with Crippen molar-refractivity contribution >= 4 is 11.5 Å². The quantitative estimate of drug-likeness (QED) is 0.822. The Morgan fingerprint density at radius 1 is 1.25 bits per heavy atom. The molecule has 2 aromatic rings. The lowest BCUT2D eigenvalue weighted by atomic mass is 9.83. The van der Waals surface area contributed by atoms with Gasteiger partial charge in [-0.3, -0.25) is 0 Å². The van der Waals surface area contributed by atoms with Gasteiger partial charge in [0.1, 0.15) is 5.82 Å². The van der Waals surface area contributed by atoms with Gasteiger partial charge in [-0.15, -0.1) is 14.8 Å². The van der Waals surface area contributed by atoms with Crippen molar-refractivity contribution < 1.29 is 0 Å². The molecule has 2 heterocycles. The van der Waals surface area contributed by atoms with E-state index in [1.807, 2.05) is 12.1 Å². The zero-order valence-electron chi connectivity index (χ0n) is 12.8. The lowest BCUT2D eigenvalue weighted by molar-refractivity contribution is 0.318. The van der Waals surface area contributed by atoms with Gasteiger partial charge < -0.3 is 5.32 Å². The van der Waals surface area contributed by atoms with Crippen molar-refractivity contribution in [2.75, 3.05) is 5.32 Å². The van der Waals surface area contributed by atoms with Crippen LogP contribution in [-0.4, -0.2) is 31.3 Å². The van der Waals surface area contributed by atoms with Gasteiger partial charge in [-0.05, 0) is 34.4 Å². The second-order valence-electron chi connectivity index (χ2n) is 6.30. The highest BCUT2D eigenvalue weighted by atomic mass is 15.6. The number of hydrogen-bond donors (Lipinski definition) is 1. The van der Waals surface area contributed by atoms with Gasteiger partial charge in [-0.2, -0.15) is 0 Å². The fourth-order valence-corrected chi connectivity index (χ4v) is 2.23. The fourth-order valence-electron chi connectivity index (χ4n) is 2.23. The van der Waals surface area contributed by atoms with Crippen LogP contribution in [0.1, 0.15) is 53.4 Å². The fraction of sp³-hybridized carbons (Fsp3) is 0.714. The molecule has 1 atom stereocenters. The second kappa shape index (κ2) is 6.15. The summed E-state index contributed by atoms with van der Waals surface area (Å²) in [7, 11) is 0. The number of anilines is 1. The Bertz CT molecular complexity index is 542. The first-order valence-electron chi connectivity index (χ1n) is 7.32. The number of aromatic nitrogens is 5. The summed E-state index contributed by atoms with van der Waals surface area (Å²) in [5.41, 5.74) is 0.846. The predicted molar refractivity (Wildman–Crippen MR) is 79.6 cm³/mol. The minimum Gasteiger partial charge on any atom is -0.365 e. The summed E-state index contributed by atoms with van der Waals surface area (Å²) in [6.07, 6.45) is 4.89. The SMILES string of the molecule is CCCCC[C@H](Nc1ccc2nnnn2n1)C(C)(C)C. The molecule has 0 radical (unpaired) electrons. The molecule has 0 aliphatic carbocycles. The third-order valence-corrected chi connectivity index (χ3v) is 3.53. The molecule has 20 heavy (non-hydrogen) atoms. The summed E-state index contributed by atoms with van der Waals surface area (Å²) in [6, 6.07) is 4.20. The van der Waals surface area contributed by atoms with E-state index in [9.17, 15) is 0 Å². The summed E-state index contributed by atoms with van der Waals surface area (Å²) >= 11 is 0. The topological polar surface area (TPSA) is 68.0 Å². The van der Waals surface area contributed by atoms with Crippen LogP contribution in [0.4, 0.5) is 5.82 Å². The molecule has 6 heteroatoms. The minimum atomic E-state index is 0.186. The number of nitrogens with zero attached hydrogens (tertiary/aromatic N) is 5. The summed E-state index contributed by atoms with van der Waals surface area (Å²) in [4.78, 5) is 0. The Kier molecular flexibility index (Phi) is 4.52. The number of tetrazole rings is 1. The van der Waals surface area contributed by atoms with Crippen molar-refractivity contribution in [3.63, 3.8) is 0 Å². The number of hydrogen-bond acceptors (Lipinski definition) is 5. The lowest BCUT2D eigenvalue weighted by Crippen LogP contribution is -2.34. The summed E-state index contributed by atoms with van der Waals surface area (Å²) in [5, 5.41) is 19.2. The molecule has 0 spiro atoms. The lowest BCUT2D eigenvalue weighted by Gasteiger charge is -2.32. The molecule has 2 aromatic heterocycles. The monoisotopic (exact) mass is 276 g/mol. The van der Waals surface area contributed by atoms with Crippen LogP contribution >= 0.6 is 0 Å². The van der Waals surface area contributed by atoms with E-state index in [2.05, 4.69) is 53.6 Å². The van der Waals surface area contributed by atoms with Crippen molar-refractivity contribution in [2.24, 2.45) is 5.41 Å². The predicted octanol–water partition coefficient (Wildman–Crippen LogP) is 2.93. The highest BCUT2D eigenvalue weighted by Crippen LogP contribution is 2.26. The third kappa shape index (κ3) is 3.65. The van der Waals surface area contributed by atoms with Crippen LogP contribution in [0, 0.1) is 5.41 Å². The van der Waals surface area contributed by atoms with Gasteiger partial charge in [-0.25, -0.2) is 0 Å². The number of rotatable bonds is 6. The van der Waals surface area contributed by atoms with Gasteiger partial charge in [0.25, 0.3) is 0 Å². The van der Waals surface area contributed by atoms with E-state index in [1.165, 1.54) is 23.9 Å². The summed E-state index contributed by atoms with van der Waals surface area (Å²) in [5.74, 6) is 0.821. The van der Waals surface area contributed by atoms with Crippen molar-refractivity contribution in [1.29, 1.82) is 0 Å². The molecule has 0 unspecified atom stereocenters. The van der Waals surface area contributed by atoms with Crippen molar-refractivity contribution in [2.45, 2.75) is 59.4 Å². The van der Waals surface area contributed by atoms with Gasteiger partial charge in [0.2, 0.25) is 0 Å². The first kappa shape index (κ1) is 14.7. The molecule has 0 aromatic carbocycles. The minimum absolute atomic E-state index is 0.186. The van der Waals surface area contributed by atoms with Crippen LogP contribution in [0.3, 0.4) is 0 Å². The largest absolute Gasteiger partial charge is 0.365 e. The van der Waals surface area contributed by atoms with E-state index in [-0.39, 0.29) is 5.41 Å². The van der Waals surface area contributed by atoms with Crippen LogP contribution in [0.25, 0.3) is 5.65 Å². The first-order chi connectivity index (χ1) is 9.50. The maximum Gasteiger partial charge on any atom is 0.200 e. The number of unbranched alkanes of at least 4 members (excludes halogenated alkanes) is 2. The van der Waals surface area contributed by atoms with E-state index in [4.69, 9.17) is 0 Å². The van der Waals surface area contributed by atoms with Gasteiger partial charge in [-0.1, -0.05) is 47.0 Å². The highest BCUT2D eigenvalue weighted by Gasteiger charge is 2.24. The number of fused-ring (bicyclic) bond motifs is 1. The Balaban J connectivity index is 2.09. The van der Waals surface area contributed by atoms with Crippen molar-refractivity contribution in [1.82, 2.24) is 25.3 Å². The standard InChI is InChI=1S/C14H24N6/c1-5-6-7-8-11(14(2,3)4)15-12-9-10-13-16-18-19-20(13)17-12/h9-11H,5-8H2,1-4H3,(H,15,17)/t11-/m0/s1. The van der Waals surface area contributed by atoms with Gasteiger partial charge >= 0.3 is 0 Å². The molecule has 0 saturated carbocycles. The summed E-state index contributed by atoms with van der Waals surface area (Å²) in [6.45, 7) is 9.00. The Morgan fingerprint density at radius 2 is 2.05 bits per heavy atom. The third-order valence-electron chi connectivity index (χ3n) is 3.53.